The van der Waals surface area contributed by atoms with Gasteiger partial charge in [-0.05, 0) is 24.6 Å². The molecule has 1 atom stereocenters. The number of benzene rings is 1. The predicted octanol–water partition coefficient (Wildman–Crippen LogP) is 1.72. The first kappa shape index (κ1) is 11.8. The highest BCUT2D eigenvalue weighted by Crippen LogP contribution is 2.33. The third-order valence-electron chi connectivity index (χ3n) is 3.22. The molecule has 1 amide bonds. The molecule has 1 aromatic carbocycles. The Kier molecular flexibility index (Phi) is 2.76. The minimum Gasteiger partial charge on any atom is -0.324 e. The van der Waals surface area contributed by atoms with E-state index in [4.69, 9.17) is 5.73 Å². The highest BCUT2D eigenvalue weighted by atomic mass is 16.2. The Morgan fingerprint density at radius 1 is 1.42 bits per heavy atom. The van der Waals surface area contributed by atoms with Gasteiger partial charge in [-0.2, -0.15) is 0 Å². The number of hydrogen-bond acceptors (Lipinski definition) is 4. The highest BCUT2D eigenvalue weighted by Gasteiger charge is 2.30. The molecule has 1 aliphatic rings. The molecule has 1 aliphatic heterocycles. The number of nitrogens with zero attached hydrogens (tertiary/aromatic N) is 3. The average Bonchev–Trinajstić information content (AvgIpc) is 2.74. The number of carbonyl (C=O) groups is 1. The van der Waals surface area contributed by atoms with E-state index >= 15 is 0 Å². The van der Waals surface area contributed by atoms with Gasteiger partial charge in [-0.3, -0.25) is 9.69 Å². The van der Waals surface area contributed by atoms with Crippen molar-refractivity contribution >= 4 is 17.4 Å². The van der Waals surface area contributed by atoms with Crippen LogP contribution in [0.2, 0.25) is 0 Å². The van der Waals surface area contributed by atoms with Gasteiger partial charge >= 0.3 is 0 Å². The number of hydrogen-bond donors (Lipinski definition) is 1. The van der Waals surface area contributed by atoms with Crippen molar-refractivity contribution in [2.75, 3.05) is 4.90 Å². The van der Waals surface area contributed by atoms with Crippen LogP contribution < -0.4 is 10.6 Å². The second-order valence-electron chi connectivity index (χ2n) is 4.66. The lowest BCUT2D eigenvalue weighted by Gasteiger charge is -2.18. The second kappa shape index (κ2) is 4.44. The summed E-state index contributed by atoms with van der Waals surface area (Å²) in [6, 6.07) is 7.61. The molecule has 19 heavy (non-hydrogen) atoms. The molecule has 0 saturated heterocycles. The summed E-state index contributed by atoms with van der Waals surface area (Å²) in [5.41, 5.74) is 8.54. The van der Waals surface area contributed by atoms with Crippen molar-refractivity contribution in [1.29, 1.82) is 0 Å². The maximum Gasteiger partial charge on any atom is 0.237 e. The molecule has 96 valence electrons. The van der Waals surface area contributed by atoms with Gasteiger partial charge in [-0.1, -0.05) is 12.1 Å². The van der Waals surface area contributed by atoms with Gasteiger partial charge in [0.15, 0.2) is 0 Å². The summed E-state index contributed by atoms with van der Waals surface area (Å²) in [5.74, 6) is 0.680. The first-order valence-corrected chi connectivity index (χ1v) is 6.14. The van der Waals surface area contributed by atoms with E-state index in [0.717, 1.165) is 16.8 Å². The average molecular weight is 254 g/mol. The van der Waals surface area contributed by atoms with Crippen molar-refractivity contribution in [3.63, 3.8) is 0 Å². The number of nitrogens with two attached hydrogens (primary N) is 1. The Hall–Kier alpha value is -2.27. The normalized spacial score (nSPS) is 15.5. The number of carbonyl (C=O) groups excluding carboxylic acids is 1. The SMILES string of the molecule is CC(N)c1cccc(N2C(=O)Cc3cncnc32)c1. The summed E-state index contributed by atoms with van der Waals surface area (Å²) in [7, 11) is 0. The molecule has 1 unspecified atom stereocenters. The quantitative estimate of drug-likeness (QED) is 0.885. The van der Waals surface area contributed by atoms with Gasteiger partial charge in [-0.15, -0.1) is 0 Å². The monoisotopic (exact) mass is 254 g/mol. The Labute approximate surface area is 111 Å². The zero-order valence-electron chi connectivity index (χ0n) is 10.6. The van der Waals surface area contributed by atoms with Crippen LogP contribution >= 0.6 is 0 Å². The fourth-order valence-electron chi connectivity index (χ4n) is 2.25. The molecule has 3 rings (SSSR count). The van der Waals surface area contributed by atoms with E-state index in [1.165, 1.54) is 6.33 Å². The van der Waals surface area contributed by atoms with Crippen molar-refractivity contribution in [1.82, 2.24) is 9.97 Å². The molecule has 2 heterocycles. The molecule has 2 aromatic rings. The zero-order valence-corrected chi connectivity index (χ0v) is 10.6. The van der Waals surface area contributed by atoms with Crippen LogP contribution in [0.4, 0.5) is 11.5 Å². The van der Waals surface area contributed by atoms with Crippen molar-refractivity contribution in [3.8, 4) is 0 Å². The molecular weight excluding hydrogens is 240 g/mol. The summed E-state index contributed by atoms with van der Waals surface area (Å²) in [4.78, 5) is 21.9. The van der Waals surface area contributed by atoms with Gasteiger partial charge in [0.05, 0.1) is 12.1 Å². The molecular formula is C14H14N4O. The smallest absolute Gasteiger partial charge is 0.237 e. The number of amides is 1. The van der Waals surface area contributed by atoms with Crippen molar-refractivity contribution in [2.24, 2.45) is 5.73 Å². The lowest BCUT2D eigenvalue weighted by molar-refractivity contribution is -0.116. The van der Waals surface area contributed by atoms with Crippen LogP contribution in [-0.2, 0) is 11.2 Å². The molecule has 0 fully saturated rings. The van der Waals surface area contributed by atoms with E-state index in [9.17, 15) is 4.79 Å². The minimum atomic E-state index is -0.0671. The topological polar surface area (TPSA) is 72.1 Å². The van der Waals surface area contributed by atoms with Crippen LogP contribution in [0.25, 0.3) is 0 Å². The number of rotatable bonds is 2. The van der Waals surface area contributed by atoms with E-state index in [2.05, 4.69) is 9.97 Å². The molecule has 0 aliphatic carbocycles. The summed E-state index contributed by atoms with van der Waals surface area (Å²) in [5, 5.41) is 0. The minimum absolute atomic E-state index is 0.0114. The maximum atomic E-state index is 12.1. The third-order valence-corrected chi connectivity index (χ3v) is 3.22. The second-order valence-corrected chi connectivity index (χ2v) is 4.66. The number of aromatic nitrogens is 2. The molecule has 0 spiro atoms. The van der Waals surface area contributed by atoms with Gasteiger partial charge in [0, 0.05) is 17.8 Å². The van der Waals surface area contributed by atoms with Gasteiger partial charge in [0.25, 0.3) is 0 Å². The van der Waals surface area contributed by atoms with E-state index in [0.29, 0.717) is 12.2 Å². The summed E-state index contributed by atoms with van der Waals surface area (Å²) in [6.45, 7) is 1.92. The molecule has 0 bridgehead atoms. The van der Waals surface area contributed by atoms with Crippen LogP contribution in [0.15, 0.2) is 36.8 Å². The fourth-order valence-corrected chi connectivity index (χ4v) is 2.25. The molecule has 1 aromatic heterocycles. The maximum absolute atomic E-state index is 12.1. The van der Waals surface area contributed by atoms with Crippen molar-refractivity contribution in [2.45, 2.75) is 19.4 Å². The first-order chi connectivity index (χ1) is 9.16. The van der Waals surface area contributed by atoms with E-state index < -0.39 is 0 Å². The molecule has 5 heteroatoms. The van der Waals surface area contributed by atoms with Gasteiger partial charge in [0.2, 0.25) is 5.91 Å². The summed E-state index contributed by atoms with van der Waals surface area (Å²) in [6.07, 6.45) is 3.49. The Balaban J connectivity index is 2.07. The van der Waals surface area contributed by atoms with E-state index in [1.807, 2.05) is 31.2 Å². The first-order valence-electron chi connectivity index (χ1n) is 6.14. The molecule has 0 saturated carbocycles. The van der Waals surface area contributed by atoms with Gasteiger partial charge in [-0.25, -0.2) is 9.97 Å². The highest BCUT2D eigenvalue weighted by molar-refractivity contribution is 6.06. The largest absolute Gasteiger partial charge is 0.324 e. The van der Waals surface area contributed by atoms with E-state index in [1.54, 1.807) is 11.1 Å². The Bertz CT molecular complexity index is 639. The van der Waals surface area contributed by atoms with E-state index in [-0.39, 0.29) is 11.9 Å². The lowest BCUT2D eigenvalue weighted by Crippen LogP contribution is -2.21. The van der Waals surface area contributed by atoms with Crippen molar-refractivity contribution in [3.05, 3.63) is 47.9 Å². The lowest BCUT2D eigenvalue weighted by atomic mass is 10.1. The number of fused-ring (bicyclic) bond motifs is 1. The Morgan fingerprint density at radius 2 is 2.26 bits per heavy atom. The van der Waals surface area contributed by atoms with Gasteiger partial charge in [0.1, 0.15) is 12.1 Å². The summed E-state index contributed by atoms with van der Waals surface area (Å²) < 4.78 is 0. The standard InChI is InChI=1S/C14H14N4O/c1-9(15)10-3-2-4-12(5-10)18-13(19)6-11-7-16-8-17-14(11)18/h2-5,7-9H,6,15H2,1H3. The Morgan fingerprint density at radius 3 is 3.05 bits per heavy atom. The molecule has 5 nitrogen and oxygen atoms in total. The molecule has 2 N–H and O–H groups in total. The summed E-state index contributed by atoms with van der Waals surface area (Å²) >= 11 is 0. The van der Waals surface area contributed by atoms with Gasteiger partial charge < -0.3 is 5.73 Å². The van der Waals surface area contributed by atoms with Crippen LogP contribution in [0, 0.1) is 0 Å². The molecule has 0 radical (unpaired) electrons. The van der Waals surface area contributed by atoms with Crippen LogP contribution in [0.1, 0.15) is 24.1 Å². The predicted molar refractivity (Wildman–Crippen MR) is 71.9 cm³/mol. The van der Waals surface area contributed by atoms with Crippen molar-refractivity contribution < 1.29 is 4.79 Å². The van der Waals surface area contributed by atoms with Crippen LogP contribution in [-0.4, -0.2) is 15.9 Å². The number of anilines is 2. The van der Waals surface area contributed by atoms with Crippen LogP contribution in [0.3, 0.4) is 0 Å². The fraction of sp³-hybridized carbons (Fsp3) is 0.214. The third kappa shape index (κ3) is 1.98. The zero-order chi connectivity index (χ0) is 13.4. The van der Waals surface area contributed by atoms with Crippen LogP contribution in [0.5, 0.6) is 0 Å².